The fourth-order valence-corrected chi connectivity index (χ4v) is 1.40. The number of hydrogen-bond donors (Lipinski definition) is 0. The summed E-state index contributed by atoms with van der Waals surface area (Å²) in [4.78, 5) is 12.9. The lowest BCUT2D eigenvalue weighted by Crippen LogP contribution is -2.36. The SMILES string of the molecule is CCOC(=O)N1CCCC1OC. The van der Waals surface area contributed by atoms with Crippen LogP contribution in [0.15, 0.2) is 0 Å². The lowest BCUT2D eigenvalue weighted by molar-refractivity contribution is -0.00457. The van der Waals surface area contributed by atoms with E-state index >= 15 is 0 Å². The van der Waals surface area contributed by atoms with Crippen LogP contribution in [0, 0.1) is 0 Å². The molecule has 1 amide bonds. The number of rotatable bonds is 2. The highest BCUT2D eigenvalue weighted by molar-refractivity contribution is 5.68. The van der Waals surface area contributed by atoms with Gasteiger partial charge in [0.05, 0.1) is 6.61 Å². The van der Waals surface area contributed by atoms with E-state index < -0.39 is 0 Å². The highest BCUT2D eigenvalue weighted by Gasteiger charge is 2.29. The molecule has 1 aliphatic rings. The van der Waals surface area contributed by atoms with Crippen molar-refractivity contribution in [2.24, 2.45) is 0 Å². The molecule has 1 rings (SSSR count). The fraction of sp³-hybridized carbons (Fsp3) is 0.875. The van der Waals surface area contributed by atoms with Crippen molar-refractivity contribution in [3.05, 3.63) is 0 Å². The number of likely N-dealkylation sites (tertiary alicyclic amines) is 1. The molecule has 70 valence electrons. The molecule has 0 bridgehead atoms. The van der Waals surface area contributed by atoms with Crippen LogP contribution in [0.4, 0.5) is 4.79 Å². The molecule has 0 radical (unpaired) electrons. The summed E-state index contributed by atoms with van der Waals surface area (Å²) in [6.45, 7) is 2.97. The predicted octanol–water partition coefficient (Wildman–Crippen LogP) is 1.21. The van der Waals surface area contributed by atoms with Gasteiger partial charge in [-0.15, -0.1) is 0 Å². The van der Waals surface area contributed by atoms with Crippen molar-refractivity contribution in [3.8, 4) is 0 Å². The van der Waals surface area contributed by atoms with Gasteiger partial charge in [-0.2, -0.15) is 0 Å². The Labute approximate surface area is 72.4 Å². The Kier molecular flexibility index (Phi) is 3.34. The minimum Gasteiger partial charge on any atom is -0.450 e. The first-order valence-corrected chi connectivity index (χ1v) is 4.25. The van der Waals surface area contributed by atoms with Gasteiger partial charge in [0.25, 0.3) is 0 Å². The van der Waals surface area contributed by atoms with Crippen molar-refractivity contribution >= 4 is 6.09 Å². The Hall–Kier alpha value is -0.770. The van der Waals surface area contributed by atoms with Crippen LogP contribution in [0.2, 0.25) is 0 Å². The van der Waals surface area contributed by atoms with E-state index in [2.05, 4.69) is 0 Å². The summed E-state index contributed by atoms with van der Waals surface area (Å²) < 4.78 is 9.98. The van der Waals surface area contributed by atoms with Gasteiger partial charge in [0.15, 0.2) is 0 Å². The molecule has 1 heterocycles. The molecule has 0 N–H and O–H groups in total. The molecule has 0 aromatic heterocycles. The van der Waals surface area contributed by atoms with Crippen LogP contribution in [0.5, 0.6) is 0 Å². The fourth-order valence-electron chi connectivity index (χ4n) is 1.40. The maximum Gasteiger partial charge on any atom is 0.411 e. The number of amides is 1. The van der Waals surface area contributed by atoms with Gasteiger partial charge in [0, 0.05) is 13.7 Å². The zero-order valence-corrected chi connectivity index (χ0v) is 7.58. The second kappa shape index (κ2) is 4.30. The zero-order chi connectivity index (χ0) is 8.97. The average molecular weight is 173 g/mol. The smallest absolute Gasteiger partial charge is 0.411 e. The third-order valence-electron chi connectivity index (χ3n) is 1.97. The molecule has 12 heavy (non-hydrogen) atoms. The molecule has 4 heteroatoms. The summed E-state index contributed by atoms with van der Waals surface area (Å²) in [6.07, 6.45) is 1.57. The largest absolute Gasteiger partial charge is 0.450 e. The van der Waals surface area contributed by atoms with E-state index in [1.165, 1.54) is 0 Å². The lowest BCUT2D eigenvalue weighted by Gasteiger charge is -2.21. The van der Waals surface area contributed by atoms with Crippen molar-refractivity contribution < 1.29 is 14.3 Å². The number of ether oxygens (including phenoxy) is 2. The summed E-state index contributed by atoms with van der Waals surface area (Å²) in [6, 6.07) is 0. The van der Waals surface area contributed by atoms with Crippen molar-refractivity contribution in [1.29, 1.82) is 0 Å². The van der Waals surface area contributed by atoms with E-state index in [9.17, 15) is 4.79 Å². The quantitative estimate of drug-likeness (QED) is 0.630. The lowest BCUT2D eigenvalue weighted by atomic mass is 10.4. The summed E-state index contributed by atoms with van der Waals surface area (Å²) in [5.41, 5.74) is 0. The first-order valence-electron chi connectivity index (χ1n) is 4.25. The van der Waals surface area contributed by atoms with Crippen LogP contribution in [-0.2, 0) is 9.47 Å². The second-order valence-corrected chi connectivity index (χ2v) is 2.72. The highest BCUT2D eigenvalue weighted by atomic mass is 16.6. The summed E-state index contributed by atoms with van der Waals surface area (Å²) in [5.74, 6) is 0. The van der Waals surface area contributed by atoms with Crippen LogP contribution < -0.4 is 0 Å². The number of carbonyl (C=O) groups excluding carboxylic acids is 1. The van der Waals surface area contributed by atoms with Crippen LogP contribution >= 0.6 is 0 Å². The van der Waals surface area contributed by atoms with E-state index in [0.717, 1.165) is 19.4 Å². The Balaban J connectivity index is 2.43. The van der Waals surface area contributed by atoms with Crippen LogP contribution in [-0.4, -0.2) is 37.5 Å². The van der Waals surface area contributed by atoms with Crippen molar-refractivity contribution in [2.75, 3.05) is 20.3 Å². The van der Waals surface area contributed by atoms with Crippen molar-refractivity contribution in [1.82, 2.24) is 4.90 Å². The van der Waals surface area contributed by atoms with Gasteiger partial charge >= 0.3 is 6.09 Å². The normalized spacial score (nSPS) is 22.8. The van der Waals surface area contributed by atoms with Gasteiger partial charge in [-0.25, -0.2) is 4.79 Å². The number of hydrogen-bond acceptors (Lipinski definition) is 3. The van der Waals surface area contributed by atoms with Crippen LogP contribution in [0.25, 0.3) is 0 Å². The molecule has 4 nitrogen and oxygen atoms in total. The molecule has 0 saturated carbocycles. The maximum atomic E-state index is 11.2. The van der Waals surface area contributed by atoms with E-state index in [-0.39, 0.29) is 12.3 Å². The number of methoxy groups -OCH3 is 1. The molecule has 1 saturated heterocycles. The highest BCUT2D eigenvalue weighted by Crippen LogP contribution is 2.18. The maximum absolute atomic E-state index is 11.2. The monoisotopic (exact) mass is 173 g/mol. The Morgan fingerprint density at radius 3 is 3.00 bits per heavy atom. The summed E-state index contributed by atoms with van der Waals surface area (Å²) in [5, 5.41) is 0. The molecule has 0 aromatic carbocycles. The van der Waals surface area contributed by atoms with E-state index in [1.807, 2.05) is 0 Å². The van der Waals surface area contributed by atoms with Crippen LogP contribution in [0.1, 0.15) is 19.8 Å². The second-order valence-electron chi connectivity index (χ2n) is 2.72. The van der Waals surface area contributed by atoms with Gasteiger partial charge in [0.2, 0.25) is 0 Å². The van der Waals surface area contributed by atoms with Crippen molar-refractivity contribution in [2.45, 2.75) is 26.0 Å². The first kappa shape index (κ1) is 9.32. The Morgan fingerprint density at radius 2 is 2.42 bits per heavy atom. The zero-order valence-electron chi connectivity index (χ0n) is 7.58. The minimum atomic E-state index is -0.262. The molecular weight excluding hydrogens is 158 g/mol. The van der Waals surface area contributed by atoms with Gasteiger partial charge in [-0.1, -0.05) is 0 Å². The van der Waals surface area contributed by atoms with Crippen molar-refractivity contribution in [3.63, 3.8) is 0 Å². The Morgan fingerprint density at radius 1 is 1.67 bits per heavy atom. The topological polar surface area (TPSA) is 38.8 Å². The van der Waals surface area contributed by atoms with E-state index in [1.54, 1.807) is 18.9 Å². The molecule has 1 atom stereocenters. The summed E-state index contributed by atoms with van der Waals surface area (Å²) in [7, 11) is 1.61. The average Bonchev–Trinajstić information content (AvgIpc) is 2.51. The number of nitrogens with zero attached hydrogens (tertiary/aromatic N) is 1. The van der Waals surface area contributed by atoms with Gasteiger partial charge in [0.1, 0.15) is 6.23 Å². The minimum absolute atomic E-state index is 0.0796. The molecule has 1 unspecified atom stereocenters. The molecule has 1 fully saturated rings. The predicted molar refractivity (Wildman–Crippen MR) is 43.8 cm³/mol. The summed E-state index contributed by atoms with van der Waals surface area (Å²) >= 11 is 0. The Bertz CT molecular complexity index is 160. The molecule has 0 spiro atoms. The molecule has 1 aliphatic heterocycles. The molecule has 0 aromatic rings. The van der Waals surface area contributed by atoms with Gasteiger partial charge < -0.3 is 9.47 Å². The van der Waals surface area contributed by atoms with E-state index in [0.29, 0.717) is 6.61 Å². The van der Waals surface area contributed by atoms with E-state index in [4.69, 9.17) is 9.47 Å². The van der Waals surface area contributed by atoms with Gasteiger partial charge in [-0.05, 0) is 19.8 Å². The van der Waals surface area contributed by atoms with Crippen LogP contribution in [0.3, 0.4) is 0 Å². The van der Waals surface area contributed by atoms with Gasteiger partial charge in [-0.3, -0.25) is 4.90 Å². The molecule has 0 aliphatic carbocycles. The standard InChI is InChI=1S/C8H15NO3/c1-3-12-8(10)9-6-4-5-7(9)11-2/h7H,3-6H2,1-2H3. The third-order valence-corrected chi connectivity index (χ3v) is 1.97. The third kappa shape index (κ3) is 1.88. The molecular formula is C8H15NO3. The number of carbonyl (C=O) groups is 1. The first-order chi connectivity index (χ1) is 5.79.